The average molecular weight is 322 g/mol. The van der Waals surface area contributed by atoms with E-state index in [4.69, 9.17) is 4.74 Å². The Labute approximate surface area is 142 Å². The molecule has 0 fully saturated rings. The van der Waals surface area contributed by atoms with Crippen molar-refractivity contribution < 1.29 is 9.53 Å². The first kappa shape index (κ1) is 15.1. The molecule has 1 amide bonds. The lowest BCUT2D eigenvalue weighted by Gasteiger charge is -2.29. The highest BCUT2D eigenvalue weighted by molar-refractivity contribution is 5.83. The highest BCUT2D eigenvalue weighted by Crippen LogP contribution is 2.33. The van der Waals surface area contributed by atoms with Gasteiger partial charge in [-0.3, -0.25) is 4.79 Å². The van der Waals surface area contributed by atoms with Crippen LogP contribution in [-0.4, -0.2) is 25.1 Å². The molecule has 2 aliphatic rings. The van der Waals surface area contributed by atoms with Crippen molar-refractivity contribution >= 4 is 11.6 Å². The molecule has 2 heterocycles. The van der Waals surface area contributed by atoms with E-state index < -0.39 is 0 Å². The third-order valence-electron chi connectivity index (χ3n) is 4.96. The Bertz CT molecular complexity index is 759. The monoisotopic (exact) mass is 322 g/mol. The van der Waals surface area contributed by atoms with Gasteiger partial charge in [0.15, 0.2) is 0 Å². The molecular formula is C20H22N2O2. The number of nitrogens with zero attached hydrogens (tertiary/aromatic N) is 1. The van der Waals surface area contributed by atoms with Crippen molar-refractivity contribution in [1.29, 1.82) is 0 Å². The summed E-state index contributed by atoms with van der Waals surface area (Å²) < 4.78 is 5.67. The highest BCUT2D eigenvalue weighted by Gasteiger charge is 2.28. The van der Waals surface area contributed by atoms with E-state index in [1.54, 1.807) is 0 Å². The number of carbonyl (C=O) groups is 1. The van der Waals surface area contributed by atoms with E-state index in [2.05, 4.69) is 35.3 Å². The summed E-state index contributed by atoms with van der Waals surface area (Å²) in [6, 6.07) is 16.7. The van der Waals surface area contributed by atoms with Gasteiger partial charge >= 0.3 is 0 Å². The molecule has 2 aliphatic heterocycles. The largest absolute Gasteiger partial charge is 0.493 e. The van der Waals surface area contributed by atoms with Crippen molar-refractivity contribution in [2.75, 3.05) is 18.1 Å². The maximum atomic E-state index is 12.6. The van der Waals surface area contributed by atoms with Gasteiger partial charge in [0.25, 0.3) is 0 Å². The zero-order valence-electron chi connectivity index (χ0n) is 13.9. The van der Waals surface area contributed by atoms with Crippen LogP contribution in [0.15, 0.2) is 48.5 Å². The first-order valence-corrected chi connectivity index (χ1v) is 8.58. The Balaban J connectivity index is 1.47. The quantitative estimate of drug-likeness (QED) is 0.944. The summed E-state index contributed by atoms with van der Waals surface area (Å²) in [5.74, 6) is 0.953. The van der Waals surface area contributed by atoms with Gasteiger partial charge in [0, 0.05) is 23.7 Å². The summed E-state index contributed by atoms with van der Waals surface area (Å²) in [6.45, 7) is 3.22. The van der Waals surface area contributed by atoms with Gasteiger partial charge in [0.05, 0.1) is 19.2 Å². The van der Waals surface area contributed by atoms with Crippen LogP contribution in [0.3, 0.4) is 0 Å². The Morgan fingerprint density at radius 2 is 2.00 bits per heavy atom. The first-order valence-electron chi connectivity index (χ1n) is 8.58. The third kappa shape index (κ3) is 2.73. The standard InChI is InChI=1S/C20H22N2O2/c1-14-12-15-6-2-4-8-18(15)22(14)13-20(23)21-17-10-11-24-19-9-5-3-7-16(17)19/h2-9,14,17H,10-13H2,1H3,(H,21,23)/t14-,17+/m0/s1. The number of nitrogens with one attached hydrogen (secondary N) is 1. The number of benzene rings is 2. The lowest BCUT2D eigenvalue weighted by molar-refractivity contribution is -0.120. The summed E-state index contributed by atoms with van der Waals surface area (Å²) >= 11 is 0. The summed E-state index contributed by atoms with van der Waals surface area (Å²) in [7, 11) is 0. The lowest BCUT2D eigenvalue weighted by Crippen LogP contribution is -2.42. The number of carbonyl (C=O) groups excluding carboxylic acids is 1. The Morgan fingerprint density at radius 3 is 2.92 bits per heavy atom. The van der Waals surface area contributed by atoms with Gasteiger partial charge in [-0.05, 0) is 31.0 Å². The molecule has 0 saturated heterocycles. The van der Waals surface area contributed by atoms with Crippen molar-refractivity contribution in [3.05, 3.63) is 59.7 Å². The van der Waals surface area contributed by atoms with Gasteiger partial charge in [-0.25, -0.2) is 0 Å². The Hall–Kier alpha value is -2.49. The molecule has 0 radical (unpaired) electrons. The van der Waals surface area contributed by atoms with Crippen LogP contribution in [0.4, 0.5) is 5.69 Å². The van der Waals surface area contributed by atoms with Gasteiger partial charge < -0.3 is 15.0 Å². The SMILES string of the molecule is C[C@H]1Cc2ccccc2N1CC(=O)N[C@@H]1CCOc2ccccc21. The number of amides is 1. The number of rotatable bonds is 3. The van der Waals surface area contributed by atoms with Crippen molar-refractivity contribution in [3.63, 3.8) is 0 Å². The van der Waals surface area contributed by atoms with Crippen molar-refractivity contribution in [2.45, 2.75) is 31.8 Å². The second-order valence-electron chi connectivity index (χ2n) is 6.60. The van der Waals surface area contributed by atoms with Gasteiger partial charge in [0.1, 0.15) is 5.75 Å². The molecule has 124 valence electrons. The third-order valence-corrected chi connectivity index (χ3v) is 4.96. The fourth-order valence-electron chi connectivity index (χ4n) is 3.76. The first-order chi connectivity index (χ1) is 11.7. The fourth-order valence-corrected chi connectivity index (χ4v) is 3.76. The minimum absolute atomic E-state index is 0.0376. The molecule has 4 nitrogen and oxygen atoms in total. The molecule has 0 aromatic heterocycles. The van der Waals surface area contributed by atoms with Crippen LogP contribution in [0.2, 0.25) is 0 Å². The van der Waals surface area contributed by atoms with E-state index in [9.17, 15) is 4.79 Å². The van der Waals surface area contributed by atoms with Crippen molar-refractivity contribution in [1.82, 2.24) is 5.32 Å². The molecule has 0 bridgehead atoms. The molecule has 2 aromatic rings. The molecule has 2 aromatic carbocycles. The second kappa shape index (κ2) is 6.19. The second-order valence-corrected chi connectivity index (χ2v) is 6.60. The van der Waals surface area contributed by atoms with Crippen LogP contribution in [0, 0.1) is 0 Å². The van der Waals surface area contributed by atoms with Crippen LogP contribution in [0.5, 0.6) is 5.75 Å². The number of ether oxygens (including phenoxy) is 1. The summed E-state index contributed by atoms with van der Waals surface area (Å²) in [5.41, 5.74) is 3.59. The summed E-state index contributed by atoms with van der Waals surface area (Å²) in [6.07, 6.45) is 1.82. The maximum Gasteiger partial charge on any atom is 0.240 e. The van der Waals surface area contributed by atoms with E-state index in [0.717, 1.165) is 24.2 Å². The summed E-state index contributed by atoms with van der Waals surface area (Å²) in [5, 5.41) is 3.19. The van der Waals surface area contributed by atoms with Crippen LogP contribution < -0.4 is 15.0 Å². The molecule has 0 spiro atoms. The highest BCUT2D eigenvalue weighted by atomic mass is 16.5. The van der Waals surface area contributed by atoms with Crippen molar-refractivity contribution in [2.24, 2.45) is 0 Å². The number of para-hydroxylation sites is 2. The summed E-state index contributed by atoms with van der Waals surface area (Å²) in [4.78, 5) is 14.8. The zero-order valence-corrected chi connectivity index (χ0v) is 13.9. The zero-order chi connectivity index (χ0) is 16.5. The maximum absolute atomic E-state index is 12.6. The predicted octanol–water partition coefficient (Wildman–Crippen LogP) is 3.08. The predicted molar refractivity (Wildman–Crippen MR) is 94.4 cm³/mol. The Kier molecular flexibility index (Phi) is 3.89. The molecule has 1 N–H and O–H groups in total. The molecule has 0 aliphatic carbocycles. The molecule has 4 rings (SSSR count). The fraction of sp³-hybridized carbons (Fsp3) is 0.350. The number of hydrogen-bond donors (Lipinski definition) is 1. The number of fused-ring (bicyclic) bond motifs is 2. The molecular weight excluding hydrogens is 300 g/mol. The number of hydrogen-bond acceptors (Lipinski definition) is 3. The van der Waals surface area contributed by atoms with Gasteiger partial charge in [-0.2, -0.15) is 0 Å². The van der Waals surface area contributed by atoms with Crippen LogP contribution in [-0.2, 0) is 11.2 Å². The van der Waals surface area contributed by atoms with Gasteiger partial charge in [-0.15, -0.1) is 0 Å². The van der Waals surface area contributed by atoms with E-state index >= 15 is 0 Å². The minimum Gasteiger partial charge on any atom is -0.493 e. The average Bonchev–Trinajstić information content (AvgIpc) is 2.91. The van der Waals surface area contributed by atoms with Crippen LogP contribution in [0.25, 0.3) is 0 Å². The molecule has 0 saturated carbocycles. The van der Waals surface area contributed by atoms with Crippen LogP contribution in [0.1, 0.15) is 30.5 Å². The van der Waals surface area contributed by atoms with Crippen LogP contribution >= 0.6 is 0 Å². The number of anilines is 1. The van der Waals surface area contributed by atoms with E-state index in [0.29, 0.717) is 19.2 Å². The van der Waals surface area contributed by atoms with Gasteiger partial charge in [-0.1, -0.05) is 36.4 Å². The Morgan fingerprint density at radius 1 is 1.21 bits per heavy atom. The lowest BCUT2D eigenvalue weighted by atomic mass is 10.0. The molecule has 24 heavy (non-hydrogen) atoms. The minimum atomic E-state index is 0.0376. The topological polar surface area (TPSA) is 41.6 Å². The smallest absolute Gasteiger partial charge is 0.240 e. The van der Waals surface area contributed by atoms with E-state index in [-0.39, 0.29) is 11.9 Å². The normalized spacial score (nSPS) is 21.6. The van der Waals surface area contributed by atoms with E-state index in [1.807, 2.05) is 30.3 Å². The molecule has 4 heteroatoms. The molecule has 2 atom stereocenters. The van der Waals surface area contributed by atoms with E-state index in [1.165, 1.54) is 11.3 Å². The van der Waals surface area contributed by atoms with Crippen molar-refractivity contribution in [3.8, 4) is 5.75 Å². The molecule has 0 unspecified atom stereocenters. The van der Waals surface area contributed by atoms with Gasteiger partial charge in [0.2, 0.25) is 5.91 Å².